The van der Waals surface area contributed by atoms with E-state index in [1.165, 1.54) is 24.0 Å². The normalized spacial score (nSPS) is 36.0. The quantitative estimate of drug-likeness (QED) is 0.506. The molecule has 35 heavy (non-hydrogen) atoms. The highest BCUT2D eigenvalue weighted by Gasteiger charge is 2.62. The van der Waals surface area contributed by atoms with Crippen molar-refractivity contribution in [3.63, 3.8) is 0 Å². The standard InChI is InChI=1S/C32H38N2O/c33-20-24-11-13-25(14-12-24)21-34-30(35)32-18-26-16-31(22-32,28-9-5-2-6-10-28)17-27(19-32)29(26)15-23-7-3-1-4-8-23/h1-10,15,21,24-27H,11-14,16-20,22,33H2. The third-order valence-electron chi connectivity index (χ3n) is 9.77. The Morgan fingerprint density at radius 1 is 0.886 bits per heavy atom. The Morgan fingerprint density at radius 3 is 2.14 bits per heavy atom. The fourth-order valence-corrected chi connectivity index (χ4v) is 8.18. The molecule has 2 aromatic rings. The lowest BCUT2D eigenvalue weighted by Gasteiger charge is -2.62. The molecule has 5 fully saturated rings. The summed E-state index contributed by atoms with van der Waals surface area (Å²) in [5.74, 6) is 2.19. The second-order valence-electron chi connectivity index (χ2n) is 12.0. The summed E-state index contributed by atoms with van der Waals surface area (Å²) in [4.78, 5) is 18.6. The van der Waals surface area contributed by atoms with Gasteiger partial charge in [-0.05, 0) is 105 Å². The minimum Gasteiger partial charge on any atom is -0.330 e. The lowest BCUT2D eigenvalue weighted by Crippen LogP contribution is -2.57. The second-order valence-corrected chi connectivity index (χ2v) is 12.0. The van der Waals surface area contributed by atoms with Crippen LogP contribution in [0.2, 0.25) is 0 Å². The number of amides is 1. The monoisotopic (exact) mass is 466 g/mol. The number of hydrogen-bond donors (Lipinski definition) is 1. The number of allylic oxidation sites excluding steroid dienone is 1. The van der Waals surface area contributed by atoms with Gasteiger partial charge in [0.15, 0.2) is 0 Å². The van der Waals surface area contributed by atoms with Crippen molar-refractivity contribution in [3.05, 3.63) is 77.4 Å². The van der Waals surface area contributed by atoms with Crippen LogP contribution >= 0.6 is 0 Å². The summed E-state index contributed by atoms with van der Waals surface area (Å²) in [6.45, 7) is 0.787. The number of aliphatic imine (C=N–C) groups is 1. The molecule has 4 bridgehead atoms. The lowest BCUT2D eigenvalue weighted by molar-refractivity contribution is -0.140. The number of hydrogen-bond acceptors (Lipinski definition) is 2. The minimum absolute atomic E-state index is 0.103. The fourth-order valence-electron chi connectivity index (χ4n) is 8.18. The van der Waals surface area contributed by atoms with E-state index in [1.807, 2.05) is 6.21 Å². The fraction of sp³-hybridized carbons (Fsp3) is 0.500. The molecule has 1 amide bonds. The van der Waals surface area contributed by atoms with E-state index >= 15 is 0 Å². The predicted octanol–water partition coefficient (Wildman–Crippen LogP) is 6.58. The molecule has 2 N–H and O–H groups in total. The molecule has 0 aliphatic heterocycles. The van der Waals surface area contributed by atoms with Gasteiger partial charge in [0.1, 0.15) is 0 Å². The summed E-state index contributed by atoms with van der Waals surface area (Å²) in [7, 11) is 0. The molecule has 7 rings (SSSR count). The van der Waals surface area contributed by atoms with Gasteiger partial charge in [0, 0.05) is 6.21 Å². The van der Waals surface area contributed by atoms with Gasteiger partial charge in [-0.15, -0.1) is 0 Å². The van der Waals surface area contributed by atoms with Crippen molar-refractivity contribution in [2.75, 3.05) is 6.54 Å². The van der Waals surface area contributed by atoms with E-state index in [0.29, 0.717) is 23.7 Å². The van der Waals surface area contributed by atoms with Gasteiger partial charge in [-0.3, -0.25) is 4.79 Å². The Kier molecular flexibility index (Phi) is 6.00. The summed E-state index contributed by atoms with van der Waals surface area (Å²) in [6, 6.07) is 21.8. The van der Waals surface area contributed by atoms with E-state index in [1.54, 1.807) is 5.57 Å². The Morgan fingerprint density at radius 2 is 1.51 bits per heavy atom. The van der Waals surface area contributed by atoms with E-state index in [2.05, 4.69) is 66.7 Å². The summed E-state index contributed by atoms with van der Waals surface area (Å²) >= 11 is 0. The van der Waals surface area contributed by atoms with Crippen LogP contribution in [0.3, 0.4) is 0 Å². The van der Waals surface area contributed by atoms with Crippen molar-refractivity contribution >= 4 is 18.2 Å². The van der Waals surface area contributed by atoms with Crippen LogP contribution in [-0.2, 0) is 10.2 Å². The number of nitrogens with two attached hydrogens (primary N) is 1. The zero-order valence-electron chi connectivity index (χ0n) is 20.7. The smallest absolute Gasteiger partial charge is 0.251 e. The van der Waals surface area contributed by atoms with Gasteiger partial charge in [0.05, 0.1) is 5.41 Å². The van der Waals surface area contributed by atoms with Crippen LogP contribution < -0.4 is 5.73 Å². The summed E-state index contributed by atoms with van der Waals surface area (Å²) in [5, 5.41) is 0. The SMILES string of the molecule is NCC1CCC(C=NC(=O)C23CC4CC(c5ccccc5)(CC(C2)C4=Cc2ccccc2)C3)CC1. The van der Waals surface area contributed by atoms with Crippen molar-refractivity contribution in [3.8, 4) is 0 Å². The van der Waals surface area contributed by atoms with Crippen LogP contribution in [0.4, 0.5) is 0 Å². The van der Waals surface area contributed by atoms with Crippen LogP contribution in [0.1, 0.15) is 68.9 Å². The minimum atomic E-state index is -0.305. The molecule has 0 saturated heterocycles. The van der Waals surface area contributed by atoms with Crippen molar-refractivity contribution in [1.82, 2.24) is 0 Å². The van der Waals surface area contributed by atoms with E-state index in [0.717, 1.165) is 51.5 Å². The van der Waals surface area contributed by atoms with Gasteiger partial charge in [-0.2, -0.15) is 0 Å². The highest BCUT2D eigenvalue weighted by Crippen LogP contribution is 2.68. The largest absolute Gasteiger partial charge is 0.330 e. The van der Waals surface area contributed by atoms with E-state index in [9.17, 15) is 4.79 Å². The number of carbonyl (C=O) groups is 1. The molecule has 0 heterocycles. The summed E-state index contributed by atoms with van der Waals surface area (Å²) < 4.78 is 0. The van der Waals surface area contributed by atoms with Gasteiger partial charge in [0.25, 0.3) is 5.91 Å². The van der Waals surface area contributed by atoms with Crippen LogP contribution in [0, 0.1) is 29.1 Å². The Hall–Kier alpha value is -2.52. The van der Waals surface area contributed by atoms with Gasteiger partial charge in [-0.25, -0.2) is 4.99 Å². The van der Waals surface area contributed by atoms with E-state index in [-0.39, 0.29) is 16.7 Å². The average molecular weight is 467 g/mol. The maximum Gasteiger partial charge on any atom is 0.251 e. The highest BCUT2D eigenvalue weighted by molar-refractivity contribution is 5.91. The highest BCUT2D eigenvalue weighted by atomic mass is 16.1. The van der Waals surface area contributed by atoms with Crippen LogP contribution in [0.5, 0.6) is 0 Å². The van der Waals surface area contributed by atoms with Gasteiger partial charge in [0.2, 0.25) is 0 Å². The molecule has 2 aromatic carbocycles. The Balaban J connectivity index is 1.30. The molecule has 182 valence electrons. The molecule has 2 atom stereocenters. The Labute approximate surface area is 209 Å². The van der Waals surface area contributed by atoms with Crippen LogP contribution in [0.15, 0.2) is 71.2 Å². The number of rotatable bonds is 5. The van der Waals surface area contributed by atoms with Crippen LogP contribution in [-0.4, -0.2) is 18.7 Å². The topological polar surface area (TPSA) is 55.4 Å². The first kappa shape index (κ1) is 22.9. The molecule has 5 aliphatic carbocycles. The molecular weight excluding hydrogens is 428 g/mol. The molecule has 0 aromatic heterocycles. The molecule has 5 aliphatic rings. The maximum absolute atomic E-state index is 13.9. The second kappa shape index (κ2) is 9.17. The van der Waals surface area contributed by atoms with E-state index in [4.69, 9.17) is 10.7 Å². The third kappa shape index (κ3) is 4.22. The summed E-state index contributed by atoms with van der Waals surface area (Å²) in [5.41, 5.74) is 9.96. The molecule has 2 unspecified atom stereocenters. The van der Waals surface area contributed by atoms with Crippen molar-refractivity contribution < 1.29 is 4.79 Å². The van der Waals surface area contributed by atoms with Gasteiger partial charge in [-0.1, -0.05) is 72.3 Å². The first-order chi connectivity index (χ1) is 17.1. The number of carbonyl (C=O) groups excluding carboxylic acids is 1. The van der Waals surface area contributed by atoms with Crippen LogP contribution in [0.25, 0.3) is 6.08 Å². The van der Waals surface area contributed by atoms with Gasteiger partial charge < -0.3 is 5.73 Å². The van der Waals surface area contributed by atoms with Crippen molar-refractivity contribution in [2.45, 2.75) is 63.2 Å². The molecule has 0 spiro atoms. The lowest BCUT2D eigenvalue weighted by atomic mass is 9.41. The average Bonchev–Trinajstić information content (AvgIpc) is 2.90. The predicted molar refractivity (Wildman–Crippen MR) is 143 cm³/mol. The molecule has 5 saturated carbocycles. The first-order valence-electron chi connectivity index (χ1n) is 13.7. The molecule has 0 radical (unpaired) electrons. The van der Waals surface area contributed by atoms with E-state index < -0.39 is 0 Å². The number of benzene rings is 2. The number of nitrogens with zero attached hydrogens (tertiary/aromatic N) is 1. The maximum atomic E-state index is 13.9. The van der Waals surface area contributed by atoms with Crippen molar-refractivity contribution in [1.29, 1.82) is 0 Å². The molecule has 3 heteroatoms. The van der Waals surface area contributed by atoms with Gasteiger partial charge >= 0.3 is 0 Å². The zero-order chi connectivity index (χ0) is 23.9. The first-order valence-corrected chi connectivity index (χ1v) is 13.7. The molecule has 3 nitrogen and oxygen atoms in total. The third-order valence-corrected chi connectivity index (χ3v) is 9.77. The summed E-state index contributed by atoms with van der Waals surface area (Å²) in [6.07, 6.45) is 14.2. The zero-order valence-corrected chi connectivity index (χ0v) is 20.7. The molecular formula is C32H38N2O. The van der Waals surface area contributed by atoms with Crippen molar-refractivity contribution in [2.24, 2.45) is 39.8 Å². The Bertz CT molecular complexity index is 1090.